The van der Waals surface area contributed by atoms with Crippen molar-refractivity contribution >= 4 is 23.3 Å². The van der Waals surface area contributed by atoms with Crippen LogP contribution in [0, 0.1) is 0 Å². The molecule has 0 bridgehead atoms. The van der Waals surface area contributed by atoms with Crippen LogP contribution in [0.15, 0.2) is 48.5 Å². The van der Waals surface area contributed by atoms with Crippen molar-refractivity contribution < 1.29 is 14.6 Å². The number of carbonyl (C=O) groups excluding carboxylic acids is 1. The largest absolute Gasteiger partial charge is 0.497 e. The molecule has 164 valence electrons. The summed E-state index contributed by atoms with van der Waals surface area (Å²) in [6.07, 6.45) is 1.87. The van der Waals surface area contributed by atoms with Crippen LogP contribution >= 0.6 is 11.6 Å². The Hall–Kier alpha value is -3.17. The van der Waals surface area contributed by atoms with Gasteiger partial charge in [-0.25, -0.2) is 4.79 Å². The van der Waals surface area contributed by atoms with Gasteiger partial charge in [0.2, 0.25) is 0 Å². The molecule has 0 aliphatic heterocycles. The third-order valence-corrected chi connectivity index (χ3v) is 4.80. The zero-order valence-electron chi connectivity index (χ0n) is 17.2. The minimum absolute atomic E-state index is 0.119. The highest BCUT2D eigenvalue weighted by molar-refractivity contribution is 6.30. The summed E-state index contributed by atoms with van der Waals surface area (Å²) in [4.78, 5) is 14.1. The second-order valence-electron chi connectivity index (χ2n) is 6.88. The molecule has 3 N–H and O–H groups in total. The Labute approximate surface area is 185 Å². The predicted octanol–water partition coefficient (Wildman–Crippen LogP) is 3.21. The van der Waals surface area contributed by atoms with Crippen LogP contribution < -0.4 is 15.4 Å². The van der Waals surface area contributed by atoms with Crippen molar-refractivity contribution in [2.24, 2.45) is 0 Å². The van der Waals surface area contributed by atoms with E-state index < -0.39 is 12.1 Å². The van der Waals surface area contributed by atoms with Gasteiger partial charge in [-0.3, -0.25) is 0 Å². The molecule has 0 aliphatic rings. The molecule has 3 aromatic rings. The number of benzene rings is 2. The van der Waals surface area contributed by atoms with Gasteiger partial charge < -0.3 is 20.5 Å². The molecule has 1 heterocycles. The number of amides is 2. The molecule has 0 saturated heterocycles. The van der Waals surface area contributed by atoms with E-state index in [1.165, 1.54) is 4.80 Å². The molecule has 0 spiro atoms. The van der Waals surface area contributed by atoms with E-state index >= 15 is 0 Å². The Balaban J connectivity index is 1.72. The van der Waals surface area contributed by atoms with E-state index in [0.29, 0.717) is 35.9 Å². The summed E-state index contributed by atoms with van der Waals surface area (Å²) in [5.74, 6) is 1.16. The van der Waals surface area contributed by atoms with E-state index in [2.05, 4.69) is 26.0 Å². The molecule has 0 saturated carbocycles. The number of methoxy groups -OCH3 is 1. The number of nitrogens with one attached hydrogen (secondary N) is 2. The number of rotatable bonds is 10. The minimum atomic E-state index is -0.493. The van der Waals surface area contributed by atoms with Crippen molar-refractivity contribution in [3.05, 3.63) is 64.9 Å². The minimum Gasteiger partial charge on any atom is -0.497 e. The monoisotopic (exact) mass is 444 g/mol. The normalized spacial score (nSPS) is 11.7. The molecule has 9 nitrogen and oxygen atoms in total. The molecule has 0 unspecified atom stereocenters. The van der Waals surface area contributed by atoms with Gasteiger partial charge in [-0.15, -0.1) is 10.2 Å². The summed E-state index contributed by atoms with van der Waals surface area (Å²) in [6, 6.07) is 13.5. The molecule has 0 aliphatic carbocycles. The van der Waals surface area contributed by atoms with E-state index in [0.717, 1.165) is 17.7 Å². The van der Waals surface area contributed by atoms with E-state index in [1.807, 2.05) is 24.3 Å². The van der Waals surface area contributed by atoms with Crippen LogP contribution in [0.1, 0.15) is 30.3 Å². The van der Waals surface area contributed by atoms with Crippen LogP contribution in [0.5, 0.6) is 5.75 Å². The van der Waals surface area contributed by atoms with Crippen LogP contribution in [-0.4, -0.2) is 45.1 Å². The topological polar surface area (TPSA) is 114 Å². The maximum Gasteiger partial charge on any atom is 0.319 e. The molecule has 2 aromatic carbocycles. The van der Waals surface area contributed by atoms with Crippen LogP contribution in [0.3, 0.4) is 0 Å². The SMILES string of the molecule is COc1ccc(C[C@H](NC(=O)Nc2ccc(Cl)cc2)c2nnn(CCCCO)n2)cc1. The number of ether oxygens (including phenoxy) is 1. The zero-order valence-corrected chi connectivity index (χ0v) is 17.9. The Bertz CT molecular complexity index is 962. The quantitative estimate of drug-likeness (QED) is 0.414. The van der Waals surface area contributed by atoms with Gasteiger partial charge in [-0.2, -0.15) is 4.80 Å². The first-order chi connectivity index (χ1) is 15.1. The van der Waals surface area contributed by atoms with E-state index in [1.54, 1.807) is 31.4 Å². The van der Waals surface area contributed by atoms with Gasteiger partial charge in [0.25, 0.3) is 0 Å². The van der Waals surface area contributed by atoms with Gasteiger partial charge in [-0.05, 0) is 60.0 Å². The number of aliphatic hydroxyl groups is 1. The Morgan fingerprint density at radius 2 is 1.90 bits per heavy atom. The van der Waals surface area contributed by atoms with Crippen molar-refractivity contribution in [3.8, 4) is 5.75 Å². The summed E-state index contributed by atoms with van der Waals surface area (Å²) < 4.78 is 5.20. The fourth-order valence-corrected chi connectivity index (χ4v) is 3.04. The van der Waals surface area contributed by atoms with E-state index in [-0.39, 0.29) is 6.61 Å². The lowest BCUT2D eigenvalue weighted by Crippen LogP contribution is -2.34. The number of aryl methyl sites for hydroxylation is 1. The lowest BCUT2D eigenvalue weighted by Gasteiger charge is -2.16. The molecule has 10 heteroatoms. The van der Waals surface area contributed by atoms with Crippen LogP contribution in [0.4, 0.5) is 10.5 Å². The van der Waals surface area contributed by atoms with Gasteiger partial charge in [0.1, 0.15) is 5.75 Å². The third kappa shape index (κ3) is 6.94. The number of unbranched alkanes of at least 4 members (excludes halogenated alkanes) is 1. The average molecular weight is 445 g/mol. The van der Waals surface area contributed by atoms with Crippen LogP contribution in [0.2, 0.25) is 5.02 Å². The maximum absolute atomic E-state index is 12.6. The highest BCUT2D eigenvalue weighted by Crippen LogP contribution is 2.19. The molecular weight excluding hydrogens is 420 g/mol. The number of hydrogen-bond acceptors (Lipinski definition) is 6. The number of tetrazole rings is 1. The van der Waals surface area contributed by atoms with Crippen LogP contribution in [-0.2, 0) is 13.0 Å². The number of carbonyl (C=O) groups is 1. The number of hydrogen-bond donors (Lipinski definition) is 3. The Kier molecular flexibility index (Phi) is 8.19. The highest BCUT2D eigenvalue weighted by Gasteiger charge is 2.21. The maximum atomic E-state index is 12.6. The standard InChI is InChI=1S/C21H25ClN6O3/c1-31-18-10-4-15(5-11-18)14-19(20-25-27-28(26-20)12-2-3-13-29)24-21(30)23-17-8-6-16(22)7-9-17/h4-11,19,29H,2-3,12-14H2,1H3,(H2,23,24,30)/t19-/m0/s1. The average Bonchev–Trinajstić information content (AvgIpc) is 3.24. The summed E-state index contributed by atoms with van der Waals surface area (Å²) in [7, 11) is 1.61. The lowest BCUT2D eigenvalue weighted by atomic mass is 10.1. The van der Waals surface area contributed by atoms with Gasteiger partial charge in [0, 0.05) is 23.7 Å². The van der Waals surface area contributed by atoms with Crippen molar-refractivity contribution in [2.75, 3.05) is 19.0 Å². The van der Waals surface area contributed by atoms with Crippen molar-refractivity contribution in [3.63, 3.8) is 0 Å². The van der Waals surface area contributed by atoms with Gasteiger partial charge in [0.05, 0.1) is 19.7 Å². The lowest BCUT2D eigenvalue weighted by molar-refractivity contribution is 0.248. The number of nitrogens with zero attached hydrogens (tertiary/aromatic N) is 4. The molecule has 3 rings (SSSR count). The summed E-state index contributed by atoms with van der Waals surface area (Å²) >= 11 is 5.90. The zero-order chi connectivity index (χ0) is 22.1. The predicted molar refractivity (Wildman–Crippen MR) is 117 cm³/mol. The Morgan fingerprint density at radius 3 is 2.58 bits per heavy atom. The fourth-order valence-electron chi connectivity index (χ4n) is 2.92. The van der Waals surface area contributed by atoms with Gasteiger partial charge in [-0.1, -0.05) is 23.7 Å². The second-order valence-corrected chi connectivity index (χ2v) is 7.32. The number of urea groups is 1. The summed E-state index contributed by atoms with van der Waals surface area (Å²) in [5, 5.41) is 27.8. The van der Waals surface area contributed by atoms with Crippen molar-refractivity contribution in [1.29, 1.82) is 0 Å². The molecule has 31 heavy (non-hydrogen) atoms. The molecular formula is C21H25ClN6O3. The summed E-state index contributed by atoms with van der Waals surface area (Å²) in [6.45, 7) is 0.661. The first kappa shape index (κ1) is 22.5. The first-order valence-corrected chi connectivity index (χ1v) is 10.3. The molecule has 1 aromatic heterocycles. The van der Waals surface area contributed by atoms with Crippen LogP contribution in [0.25, 0.3) is 0 Å². The molecule has 2 amide bonds. The molecule has 0 radical (unpaired) electrons. The van der Waals surface area contributed by atoms with E-state index in [4.69, 9.17) is 21.4 Å². The smallest absolute Gasteiger partial charge is 0.319 e. The number of aliphatic hydroxyl groups excluding tert-OH is 1. The Morgan fingerprint density at radius 1 is 1.16 bits per heavy atom. The summed E-state index contributed by atoms with van der Waals surface area (Å²) in [5.41, 5.74) is 1.60. The third-order valence-electron chi connectivity index (χ3n) is 4.55. The van der Waals surface area contributed by atoms with Crippen molar-refractivity contribution in [2.45, 2.75) is 31.8 Å². The molecule has 0 fully saturated rings. The fraction of sp³-hybridized carbons (Fsp3) is 0.333. The van der Waals surface area contributed by atoms with Gasteiger partial charge in [0.15, 0.2) is 5.82 Å². The number of halogens is 1. The second kappa shape index (κ2) is 11.3. The van der Waals surface area contributed by atoms with E-state index in [9.17, 15) is 4.79 Å². The first-order valence-electron chi connectivity index (χ1n) is 9.92. The molecule has 1 atom stereocenters. The van der Waals surface area contributed by atoms with Crippen molar-refractivity contribution in [1.82, 2.24) is 25.5 Å². The number of aromatic nitrogens is 4. The number of anilines is 1. The van der Waals surface area contributed by atoms with Gasteiger partial charge >= 0.3 is 6.03 Å². The highest BCUT2D eigenvalue weighted by atomic mass is 35.5.